The summed E-state index contributed by atoms with van der Waals surface area (Å²) in [5.74, 6) is -0.206. The van der Waals surface area contributed by atoms with Gasteiger partial charge in [0, 0.05) is 24.7 Å². The van der Waals surface area contributed by atoms with Gasteiger partial charge in [0.05, 0.1) is 46.5 Å². The number of aliphatic hydroxyl groups is 2. The number of rotatable bonds is 8. The highest BCUT2D eigenvalue weighted by molar-refractivity contribution is 6.33. The first-order valence-electron chi connectivity index (χ1n) is 13.3. The highest BCUT2D eigenvalue weighted by atomic mass is 35.5. The number of nitrogens with one attached hydrogen (secondary N) is 1. The smallest absolute Gasteiger partial charge is 0.387 e. The Kier molecular flexibility index (Phi) is 7.94. The van der Waals surface area contributed by atoms with Gasteiger partial charge in [-0.05, 0) is 58.2 Å². The maximum absolute atomic E-state index is 15.3. The number of alkyl halides is 3. The van der Waals surface area contributed by atoms with Crippen LogP contribution in [0.15, 0.2) is 24.4 Å². The number of fused-ring (bicyclic) bond motifs is 2. The maximum atomic E-state index is 15.3. The van der Waals surface area contributed by atoms with Gasteiger partial charge >= 0.3 is 6.36 Å². The molecule has 1 aromatic carbocycles. The average molecular weight is 612 g/mol. The maximum Gasteiger partial charge on any atom is 0.522 e. The lowest BCUT2D eigenvalue weighted by molar-refractivity contribution is -0.330. The van der Waals surface area contributed by atoms with E-state index in [4.69, 9.17) is 11.6 Å². The summed E-state index contributed by atoms with van der Waals surface area (Å²) >= 11 is 6.43. The van der Waals surface area contributed by atoms with Gasteiger partial charge in [-0.25, -0.2) is 19.3 Å². The predicted octanol–water partition coefficient (Wildman–Crippen LogP) is 5.49. The summed E-state index contributed by atoms with van der Waals surface area (Å²) in [5.41, 5.74) is 0.455. The minimum absolute atomic E-state index is 0.0679. The van der Waals surface area contributed by atoms with Crippen LogP contribution in [-0.2, 0) is 23.5 Å². The van der Waals surface area contributed by atoms with E-state index in [1.165, 1.54) is 23.0 Å². The quantitative estimate of drug-likeness (QED) is 0.224. The van der Waals surface area contributed by atoms with Crippen LogP contribution in [0.3, 0.4) is 0 Å². The molecular formula is C27H30ClF4N7O3. The van der Waals surface area contributed by atoms with Gasteiger partial charge < -0.3 is 20.1 Å². The number of anilines is 1. The molecule has 2 atom stereocenters. The lowest BCUT2D eigenvalue weighted by Crippen LogP contribution is -2.29. The molecule has 0 spiro atoms. The SMILES string of the molecule is CC(C)n1c(C(C)(C)O)nc2c(F)cc(-c3nc(NCC4C[C@@H](O)c5cc(COC(F)(F)F)nn5C4)ncc3Cl)cc21. The zero-order chi connectivity index (χ0) is 30.6. The molecule has 0 saturated carbocycles. The molecule has 0 saturated heterocycles. The number of hydrogen-bond acceptors (Lipinski definition) is 8. The lowest BCUT2D eigenvalue weighted by Gasteiger charge is -2.27. The van der Waals surface area contributed by atoms with Crippen LogP contribution < -0.4 is 5.32 Å². The van der Waals surface area contributed by atoms with Crippen LogP contribution in [0.25, 0.3) is 22.3 Å². The van der Waals surface area contributed by atoms with Gasteiger partial charge in [0.1, 0.15) is 16.9 Å². The van der Waals surface area contributed by atoms with Gasteiger partial charge in [0.2, 0.25) is 5.95 Å². The second kappa shape index (κ2) is 11.1. The van der Waals surface area contributed by atoms with Crippen molar-refractivity contribution in [2.24, 2.45) is 5.92 Å². The van der Waals surface area contributed by atoms with Gasteiger partial charge in [0.15, 0.2) is 5.82 Å². The van der Waals surface area contributed by atoms with Crippen LogP contribution in [0, 0.1) is 11.7 Å². The molecule has 1 unspecified atom stereocenters. The number of aliphatic hydroxyl groups excluding tert-OH is 1. The summed E-state index contributed by atoms with van der Waals surface area (Å²) < 4.78 is 59.6. The van der Waals surface area contributed by atoms with Crippen molar-refractivity contribution in [3.63, 3.8) is 0 Å². The second-order valence-corrected chi connectivity index (χ2v) is 11.6. The predicted molar refractivity (Wildman–Crippen MR) is 146 cm³/mol. The number of ether oxygens (including phenoxy) is 1. The molecule has 0 radical (unpaired) electrons. The van der Waals surface area contributed by atoms with Crippen molar-refractivity contribution in [2.75, 3.05) is 11.9 Å². The van der Waals surface area contributed by atoms with E-state index in [0.29, 0.717) is 42.1 Å². The van der Waals surface area contributed by atoms with E-state index >= 15 is 4.39 Å². The van der Waals surface area contributed by atoms with Crippen molar-refractivity contribution in [3.8, 4) is 11.3 Å². The number of imidazole rings is 1. The second-order valence-electron chi connectivity index (χ2n) is 11.1. The summed E-state index contributed by atoms with van der Waals surface area (Å²) in [5, 5.41) is 28.7. The minimum Gasteiger partial charge on any atom is -0.387 e. The fraction of sp³-hybridized carbons (Fsp3) is 0.481. The van der Waals surface area contributed by atoms with Gasteiger partial charge in [0.25, 0.3) is 0 Å². The molecule has 0 aliphatic carbocycles. The molecule has 3 aromatic heterocycles. The van der Waals surface area contributed by atoms with Crippen LogP contribution in [0.4, 0.5) is 23.5 Å². The third-order valence-corrected chi connectivity index (χ3v) is 7.23. The first-order valence-corrected chi connectivity index (χ1v) is 13.6. The monoisotopic (exact) mass is 611 g/mol. The number of hydrogen-bond donors (Lipinski definition) is 3. The van der Waals surface area contributed by atoms with E-state index in [2.05, 4.69) is 30.1 Å². The van der Waals surface area contributed by atoms with Crippen LogP contribution in [0.2, 0.25) is 5.02 Å². The molecule has 4 aromatic rings. The molecular weight excluding hydrogens is 582 g/mol. The largest absolute Gasteiger partial charge is 0.522 e. The molecule has 1 aliphatic rings. The fourth-order valence-corrected chi connectivity index (χ4v) is 5.37. The summed E-state index contributed by atoms with van der Waals surface area (Å²) in [6, 6.07) is 4.28. The molecule has 10 nitrogen and oxygen atoms in total. The third kappa shape index (κ3) is 6.21. The van der Waals surface area contributed by atoms with E-state index in [0.717, 1.165) is 0 Å². The molecule has 0 fully saturated rings. The Labute approximate surface area is 243 Å². The molecule has 42 heavy (non-hydrogen) atoms. The zero-order valence-corrected chi connectivity index (χ0v) is 24.0. The number of aromatic nitrogens is 6. The fourth-order valence-electron chi connectivity index (χ4n) is 5.17. The number of benzene rings is 1. The molecule has 4 heterocycles. The van der Waals surface area contributed by atoms with Crippen LogP contribution >= 0.6 is 11.6 Å². The van der Waals surface area contributed by atoms with Crippen molar-refractivity contribution in [3.05, 3.63) is 52.4 Å². The van der Waals surface area contributed by atoms with E-state index in [9.17, 15) is 23.4 Å². The van der Waals surface area contributed by atoms with Crippen LogP contribution in [0.1, 0.15) is 63.5 Å². The number of halogens is 5. The minimum atomic E-state index is -4.78. The van der Waals surface area contributed by atoms with Crippen molar-refractivity contribution < 1.29 is 32.5 Å². The van der Waals surface area contributed by atoms with Crippen LogP contribution in [-0.4, -0.2) is 52.4 Å². The molecule has 0 bridgehead atoms. The topological polar surface area (TPSA) is 123 Å². The molecule has 1 aliphatic heterocycles. The molecule has 3 N–H and O–H groups in total. The van der Waals surface area contributed by atoms with E-state index in [1.807, 2.05) is 13.8 Å². The average Bonchev–Trinajstić information content (AvgIpc) is 3.49. The van der Waals surface area contributed by atoms with Crippen molar-refractivity contribution in [1.82, 2.24) is 29.3 Å². The molecule has 5 rings (SSSR count). The van der Waals surface area contributed by atoms with Crippen LogP contribution in [0.5, 0.6) is 0 Å². The first kappa shape index (κ1) is 30.1. The number of nitrogens with zero attached hydrogens (tertiary/aromatic N) is 6. The van der Waals surface area contributed by atoms with Crippen molar-refractivity contribution in [1.29, 1.82) is 0 Å². The van der Waals surface area contributed by atoms with Gasteiger partial charge in [-0.15, -0.1) is 13.2 Å². The molecule has 15 heteroatoms. The van der Waals surface area contributed by atoms with Gasteiger partial charge in [-0.3, -0.25) is 9.42 Å². The normalized spacial score (nSPS) is 17.7. The third-order valence-electron chi connectivity index (χ3n) is 6.95. The summed E-state index contributed by atoms with van der Waals surface area (Å²) in [6.45, 7) is 6.91. The Hall–Kier alpha value is -3.33. The summed E-state index contributed by atoms with van der Waals surface area (Å²) in [4.78, 5) is 13.1. The molecule has 0 amide bonds. The lowest BCUT2D eigenvalue weighted by atomic mass is 9.96. The van der Waals surface area contributed by atoms with Crippen molar-refractivity contribution in [2.45, 2.75) is 71.4 Å². The highest BCUT2D eigenvalue weighted by Gasteiger charge is 2.32. The Balaban J connectivity index is 1.36. The summed E-state index contributed by atoms with van der Waals surface area (Å²) in [6.07, 6.45) is -3.97. The zero-order valence-electron chi connectivity index (χ0n) is 23.2. The Morgan fingerprint density at radius 2 is 1.93 bits per heavy atom. The standard InChI is InChI=1S/C27H30ClF4N7O3/c1-13(2)39-20-7-15(6-18(29)23(20)35-24(39)26(3,4)41)22-17(28)10-34-25(36-22)33-9-14-5-21(40)19-8-16(37-38(19)11-14)12-42-27(30,31)32/h6-8,10,13-14,21,40-41H,5,9,11-12H2,1-4H3,(H,33,34,36)/t14?,21-/m1/s1. The van der Waals surface area contributed by atoms with Crippen molar-refractivity contribution >= 4 is 28.6 Å². The first-order chi connectivity index (χ1) is 19.6. The molecule has 226 valence electrons. The van der Waals surface area contributed by atoms with E-state index in [-0.39, 0.29) is 39.8 Å². The highest BCUT2D eigenvalue weighted by Crippen LogP contribution is 2.35. The van der Waals surface area contributed by atoms with E-state index in [1.54, 1.807) is 24.5 Å². The summed E-state index contributed by atoms with van der Waals surface area (Å²) in [7, 11) is 0. The Bertz CT molecular complexity index is 1610. The van der Waals surface area contributed by atoms with Gasteiger partial charge in [-0.1, -0.05) is 11.6 Å². The Morgan fingerprint density at radius 1 is 1.19 bits per heavy atom. The van der Waals surface area contributed by atoms with E-state index < -0.39 is 30.5 Å². The Morgan fingerprint density at radius 3 is 2.60 bits per heavy atom. The van der Waals surface area contributed by atoms with Gasteiger partial charge in [-0.2, -0.15) is 5.10 Å².